The molecule has 0 bridgehead atoms. The number of hydrogen-bond acceptors (Lipinski definition) is 4. The third-order valence-electron chi connectivity index (χ3n) is 1.85. The first-order chi connectivity index (χ1) is 7.52. The summed E-state index contributed by atoms with van der Waals surface area (Å²) in [5, 5.41) is 8.07. The van der Waals surface area contributed by atoms with Crippen LogP contribution in [-0.4, -0.2) is 46.3 Å². The second kappa shape index (κ2) is 5.10. The number of rotatable bonds is 3. The van der Waals surface area contributed by atoms with Crippen LogP contribution >= 0.6 is 0 Å². The van der Waals surface area contributed by atoms with Crippen molar-refractivity contribution in [2.24, 2.45) is 0 Å². The molecule has 0 radical (unpaired) electrons. The summed E-state index contributed by atoms with van der Waals surface area (Å²) < 4.78 is 1.13. The quantitative estimate of drug-likeness (QED) is 0.595. The Bertz CT molecular complexity index is 475. The van der Waals surface area contributed by atoms with Crippen molar-refractivity contribution in [3.8, 4) is 0 Å². The van der Waals surface area contributed by atoms with Gasteiger partial charge in [-0.3, -0.25) is 14.2 Å². The number of H-pyrrole nitrogens is 1. The lowest BCUT2D eigenvalue weighted by atomic mass is 10.6. The van der Waals surface area contributed by atoms with Crippen molar-refractivity contribution in [3.05, 3.63) is 27.0 Å². The number of urea groups is 1. The van der Waals surface area contributed by atoms with Crippen molar-refractivity contribution < 1.29 is 4.79 Å². The number of carbonyl (C=O) groups is 1. The Morgan fingerprint density at radius 1 is 1.56 bits per heavy atom. The predicted molar refractivity (Wildman–Crippen MR) is 56.2 cm³/mol. The molecule has 0 aromatic carbocycles. The molecule has 0 atom stereocenters. The molecule has 0 saturated heterocycles. The van der Waals surface area contributed by atoms with Gasteiger partial charge in [0, 0.05) is 27.2 Å². The fraction of sp³-hybridized carbons (Fsp3) is 0.500. The molecule has 0 spiro atoms. The van der Waals surface area contributed by atoms with Crippen molar-refractivity contribution in [2.75, 3.05) is 20.6 Å². The van der Waals surface area contributed by atoms with Gasteiger partial charge in [0.1, 0.15) is 6.33 Å². The molecule has 0 aliphatic rings. The maximum Gasteiger partial charge on any atom is 0.330 e. The summed E-state index contributed by atoms with van der Waals surface area (Å²) >= 11 is 0. The number of nitrogens with zero attached hydrogens (tertiary/aromatic N) is 3. The molecule has 8 heteroatoms. The van der Waals surface area contributed by atoms with E-state index in [1.54, 1.807) is 14.1 Å². The van der Waals surface area contributed by atoms with Crippen molar-refractivity contribution in [1.29, 1.82) is 0 Å². The van der Waals surface area contributed by atoms with Crippen molar-refractivity contribution in [1.82, 2.24) is 25.0 Å². The highest BCUT2D eigenvalue weighted by molar-refractivity contribution is 5.73. The lowest BCUT2D eigenvalue weighted by Gasteiger charge is -2.11. The molecular formula is C8H13N5O3. The standard InChI is InChI=1S/C8H13N5O3/c1-12(2)8(16)9-3-4-13-5-10-11-6(14)7(13)15/h5H,3-4H2,1-2H3,(H,9,16)(H,11,14). The molecule has 0 aliphatic carbocycles. The highest BCUT2D eigenvalue weighted by atomic mass is 16.2. The van der Waals surface area contributed by atoms with Crippen LogP contribution < -0.4 is 16.4 Å². The van der Waals surface area contributed by atoms with Crippen LogP contribution in [0.5, 0.6) is 0 Å². The third-order valence-corrected chi connectivity index (χ3v) is 1.85. The maximum atomic E-state index is 11.2. The zero-order valence-electron chi connectivity index (χ0n) is 9.06. The number of aromatic nitrogens is 3. The highest BCUT2D eigenvalue weighted by Crippen LogP contribution is 1.78. The van der Waals surface area contributed by atoms with Gasteiger partial charge in [-0.2, -0.15) is 5.10 Å². The van der Waals surface area contributed by atoms with Gasteiger partial charge < -0.3 is 10.2 Å². The Morgan fingerprint density at radius 3 is 2.88 bits per heavy atom. The fourth-order valence-electron chi connectivity index (χ4n) is 0.989. The van der Waals surface area contributed by atoms with Crippen LogP contribution in [0.25, 0.3) is 0 Å². The summed E-state index contributed by atoms with van der Waals surface area (Å²) in [6.07, 6.45) is 1.21. The normalized spacial score (nSPS) is 9.88. The molecule has 2 amide bonds. The molecule has 0 unspecified atom stereocenters. The van der Waals surface area contributed by atoms with Crippen LogP contribution in [0.1, 0.15) is 0 Å². The molecule has 0 saturated carbocycles. The zero-order chi connectivity index (χ0) is 12.1. The van der Waals surface area contributed by atoms with Gasteiger partial charge in [0.15, 0.2) is 0 Å². The van der Waals surface area contributed by atoms with Crippen LogP contribution in [0.15, 0.2) is 15.9 Å². The first-order valence-corrected chi connectivity index (χ1v) is 4.61. The van der Waals surface area contributed by atoms with Gasteiger partial charge in [-0.15, -0.1) is 0 Å². The SMILES string of the molecule is CN(C)C(=O)NCCn1cn[nH]c(=O)c1=O. The summed E-state index contributed by atoms with van der Waals surface area (Å²) in [5.74, 6) is 0. The molecule has 1 rings (SSSR count). The number of carbonyl (C=O) groups excluding carboxylic acids is 1. The Morgan fingerprint density at radius 2 is 2.25 bits per heavy atom. The minimum Gasteiger partial charge on any atom is -0.336 e. The molecule has 0 aliphatic heterocycles. The van der Waals surface area contributed by atoms with Crippen LogP contribution in [0, 0.1) is 0 Å². The van der Waals surface area contributed by atoms with E-state index >= 15 is 0 Å². The molecular weight excluding hydrogens is 214 g/mol. The Hall–Kier alpha value is -2.12. The van der Waals surface area contributed by atoms with Gasteiger partial charge in [0.25, 0.3) is 0 Å². The Labute approximate surface area is 90.9 Å². The first kappa shape index (κ1) is 12.0. The van der Waals surface area contributed by atoms with E-state index in [2.05, 4.69) is 10.4 Å². The largest absolute Gasteiger partial charge is 0.336 e. The molecule has 2 N–H and O–H groups in total. The highest BCUT2D eigenvalue weighted by Gasteiger charge is 2.03. The van der Waals surface area contributed by atoms with Gasteiger partial charge in [-0.05, 0) is 0 Å². The van der Waals surface area contributed by atoms with E-state index in [1.807, 2.05) is 5.10 Å². The molecule has 1 heterocycles. The summed E-state index contributed by atoms with van der Waals surface area (Å²) in [7, 11) is 3.21. The number of nitrogens with one attached hydrogen (secondary N) is 2. The maximum absolute atomic E-state index is 11.2. The van der Waals surface area contributed by atoms with E-state index in [0.717, 1.165) is 4.57 Å². The monoisotopic (exact) mass is 227 g/mol. The average molecular weight is 227 g/mol. The van der Waals surface area contributed by atoms with Crippen molar-refractivity contribution >= 4 is 6.03 Å². The summed E-state index contributed by atoms with van der Waals surface area (Å²) in [4.78, 5) is 34.6. The minimum absolute atomic E-state index is 0.204. The van der Waals surface area contributed by atoms with Gasteiger partial charge in [-0.1, -0.05) is 0 Å². The van der Waals surface area contributed by atoms with Gasteiger partial charge in [-0.25, -0.2) is 9.89 Å². The van der Waals surface area contributed by atoms with Crippen molar-refractivity contribution in [2.45, 2.75) is 6.54 Å². The number of amides is 2. The van der Waals surface area contributed by atoms with Gasteiger partial charge in [0.05, 0.1) is 0 Å². The average Bonchev–Trinajstić information content (AvgIpc) is 2.24. The molecule has 1 aromatic rings. The van der Waals surface area contributed by atoms with E-state index in [-0.39, 0.29) is 19.1 Å². The smallest absolute Gasteiger partial charge is 0.330 e. The summed E-state index contributed by atoms with van der Waals surface area (Å²) in [5.41, 5.74) is -1.46. The topological polar surface area (TPSA) is 100 Å². The first-order valence-electron chi connectivity index (χ1n) is 4.61. The Kier molecular flexibility index (Phi) is 3.81. The lowest BCUT2D eigenvalue weighted by Crippen LogP contribution is -2.41. The van der Waals surface area contributed by atoms with Crippen LogP contribution in [0.4, 0.5) is 4.79 Å². The van der Waals surface area contributed by atoms with Crippen LogP contribution in [0.2, 0.25) is 0 Å². The molecule has 1 aromatic heterocycles. The van der Waals surface area contributed by atoms with E-state index < -0.39 is 11.1 Å². The van der Waals surface area contributed by atoms with E-state index in [0.29, 0.717) is 0 Å². The fourth-order valence-corrected chi connectivity index (χ4v) is 0.989. The second-order valence-corrected chi connectivity index (χ2v) is 3.31. The molecule has 0 fully saturated rings. The zero-order valence-corrected chi connectivity index (χ0v) is 9.06. The van der Waals surface area contributed by atoms with Crippen LogP contribution in [0.3, 0.4) is 0 Å². The summed E-state index contributed by atoms with van der Waals surface area (Å²) in [6.45, 7) is 0.456. The third kappa shape index (κ3) is 2.94. The molecule has 16 heavy (non-hydrogen) atoms. The number of aromatic amines is 1. The second-order valence-electron chi connectivity index (χ2n) is 3.31. The Balaban J connectivity index is 2.56. The van der Waals surface area contributed by atoms with Crippen molar-refractivity contribution in [3.63, 3.8) is 0 Å². The molecule has 88 valence electrons. The van der Waals surface area contributed by atoms with E-state index in [1.165, 1.54) is 11.2 Å². The predicted octanol–water partition coefficient (Wildman–Crippen LogP) is -1.80. The van der Waals surface area contributed by atoms with Crippen LogP contribution in [-0.2, 0) is 6.54 Å². The van der Waals surface area contributed by atoms with E-state index in [4.69, 9.17) is 0 Å². The number of hydrogen-bond donors (Lipinski definition) is 2. The van der Waals surface area contributed by atoms with Gasteiger partial charge in [0.2, 0.25) is 0 Å². The van der Waals surface area contributed by atoms with Gasteiger partial charge >= 0.3 is 17.1 Å². The van der Waals surface area contributed by atoms with E-state index in [9.17, 15) is 14.4 Å². The molecule has 8 nitrogen and oxygen atoms in total. The lowest BCUT2D eigenvalue weighted by molar-refractivity contribution is 0.217. The minimum atomic E-state index is -0.776. The summed E-state index contributed by atoms with van der Waals surface area (Å²) in [6, 6.07) is -0.258.